The van der Waals surface area contributed by atoms with Crippen molar-refractivity contribution in [1.82, 2.24) is 4.98 Å². The Balaban J connectivity index is 2.38. The molecule has 0 aliphatic heterocycles. The monoisotopic (exact) mass is 345 g/mol. The summed E-state index contributed by atoms with van der Waals surface area (Å²) in [6.45, 7) is 0. The van der Waals surface area contributed by atoms with Crippen molar-refractivity contribution in [3.8, 4) is 0 Å². The normalized spacial score (nSPS) is 10.3. The number of nitrogens with zero attached hydrogens (tertiary/aromatic N) is 2. The second-order valence-electron chi connectivity index (χ2n) is 3.54. The molecule has 8 heteroatoms. The van der Waals surface area contributed by atoms with Crippen molar-refractivity contribution in [2.75, 3.05) is 5.32 Å². The topological polar surface area (TPSA) is 68.1 Å². The predicted octanol–water partition coefficient (Wildman–Crippen LogP) is 4.29. The Hall–Kier alpha value is -1.73. The summed E-state index contributed by atoms with van der Waals surface area (Å²) < 4.78 is 13.7. The van der Waals surface area contributed by atoms with E-state index in [-0.39, 0.29) is 16.7 Å². The van der Waals surface area contributed by atoms with Crippen molar-refractivity contribution in [3.05, 3.63) is 55.9 Å². The van der Waals surface area contributed by atoms with Crippen LogP contribution in [-0.2, 0) is 0 Å². The van der Waals surface area contributed by atoms with Crippen molar-refractivity contribution in [1.29, 1.82) is 0 Å². The van der Waals surface area contributed by atoms with Gasteiger partial charge < -0.3 is 5.32 Å². The molecule has 1 aromatic heterocycles. The van der Waals surface area contributed by atoms with Crippen molar-refractivity contribution >= 4 is 44.7 Å². The van der Waals surface area contributed by atoms with Crippen LogP contribution in [-0.4, -0.2) is 9.91 Å². The average molecular weight is 347 g/mol. The summed E-state index contributed by atoms with van der Waals surface area (Å²) in [6, 6.07) is 6.37. The predicted molar refractivity (Wildman–Crippen MR) is 73.3 cm³/mol. The van der Waals surface area contributed by atoms with Crippen LogP contribution in [0.15, 0.2) is 34.8 Å². The molecule has 0 atom stereocenters. The fourth-order valence-electron chi connectivity index (χ4n) is 1.38. The van der Waals surface area contributed by atoms with Gasteiger partial charge in [0.25, 0.3) is 5.69 Å². The zero-order valence-electron chi connectivity index (χ0n) is 9.23. The van der Waals surface area contributed by atoms with Crippen LogP contribution in [0.4, 0.5) is 21.6 Å². The quantitative estimate of drug-likeness (QED) is 0.511. The van der Waals surface area contributed by atoms with Gasteiger partial charge in [0.05, 0.1) is 22.7 Å². The number of hydrogen-bond acceptors (Lipinski definition) is 4. The summed E-state index contributed by atoms with van der Waals surface area (Å²) in [5.74, 6) is -0.285. The first-order valence-corrected chi connectivity index (χ1v) is 6.17. The molecule has 0 radical (unpaired) electrons. The Kier molecular flexibility index (Phi) is 3.96. The molecule has 1 heterocycles. The van der Waals surface area contributed by atoms with Crippen LogP contribution in [0, 0.1) is 15.9 Å². The lowest BCUT2D eigenvalue weighted by atomic mass is 10.3. The summed E-state index contributed by atoms with van der Waals surface area (Å²) in [4.78, 5) is 14.0. The van der Waals surface area contributed by atoms with Gasteiger partial charge in [0, 0.05) is 4.47 Å². The molecule has 0 aliphatic rings. The summed E-state index contributed by atoms with van der Waals surface area (Å²) in [7, 11) is 0. The Morgan fingerprint density at radius 3 is 2.79 bits per heavy atom. The first-order chi connectivity index (χ1) is 8.95. The molecule has 19 heavy (non-hydrogen) atoms. The molecule has 2 rings (SSSR count). The zero-order chi connectivity index (χ0) is 14.0. The van der Waals surface area contributed by atoms with Crippen LogP contribution in [0.2, 0.25) is 5.15 Å². The molecule has 0 aliphatic carbocycles. The highest BCUT2D eigenvalue weighted by Crippen LogP contribution is 2.28. The van der Waals surface area contributed by atoms with E-state index in [2.05, 4.69) is 26.2 Å². The minimum Gasteiger partial charge on any atom is -0.339 e. The lowest BCUT2D eigenvalue weighted by Gasteiger charge is -2.08. The van der Waals surface area contributed by atoms with Gasteiger partial charge in [-0.25, -0.2) is 9.37 Å². The van der Waals surface area contributed by atoms with Crippen LogP contribution in [0.5, 0.6) is 0 Å². The third-order valence-electron chi connectivity index (χ3n) is 2.18. The number of anilines is 2. The largest absolute Gasteiger partial charge is 0.339 e. The van der Waals surface area contributed by atoms with E-state index in [0.717, 1.165) is 6.07 Å². The summed E-state index contributed by atoms with van der Waals surface area (Å²) in [5, 5.41) is 13.4. The maximum Gasteiger partial charge on any atom is 0.276 e. The number of nitro groups is 1. The maximum atomic E-state index is 13.1. The fraction of sp³-hybridized carbons (Fsp3) is 0. The minimum atomic E-state index is -0.584. The van der Waals surface area contributed by atoms with E-state index in [0.29, 0.717) is 10.2 Å². The molecule has 0 bridgehead atoms. The molecule has 0 fully saturated rings. The van der Waals surface area contributed by atoms with Crippen molar-refractivity contribution in [2.24, 2.45) is 0 Å². The maximum absolute atomic E-state index is 13.1. The molecular weight excluding hydrogens is 340 g/mol. The van der Waals surface area contributed by atoms with Gasteiger partial charge in [-0.3, -0.25) is 10.1 Å². The van der Waals surface area contributed by atoms with Crippen molar-refractivity contribution in [2.45, 2.75) is 0 Å². The standard InChI is InChI=1S/C11H6BrClFN3O2/c12-8-2-1-6(14)3-9(8)15-11-5-7(17(18)19)4-10(13)16-11/h1-5H,(H,15,16). The second kappa shape index (κ2) is 5.50. The second-order valence-corrected chi connectivity index (χ2v) is 4.78. The van der Waals surface area contributed by atoms with E-state index >= 15 is 0 Å². The van der Waals surface area contributed by atoms with Gasteiger partial charge in [-0.2, -0.15) is 0 Å². The van der Waals surface area contributed by atoms with Gasteiger partial charge in [0.1, 0.15) is 16.8 Å². The van der Waals surface area contributed by atoms with Crippen LogP contribution in [0.1, 0.15) is 0 Å². The summed E-state index contributed by atoms with van der Waals surface area (Å²) in [5.41, 5.74) is 0.194. The van der Waals surface area contributed by atoms with E-state index in [1.807, 2.05) is 0 Å². The Bertz CT molecular complexity index is 654. The number of rotatable bonds is 3. The fourth-order valence-corrected chi connectivity index (χ4v) is 1.93. The SMILES string of the molecule is O=[N+]([O-])c1cc(Cl)nc(Nc2cc(F)ccc2Br)c1. The molecule has 0 amide bonds. The van der Waals surface area contributed by atoms with Gasteiger partial charge in [0.2, 0.25) is 0 Å². The number of hydrogen-bond donors (Lipinski definition) is 1. The third-order valence-corrected chi connectivity index (χ3v) is 3.07. The number of halogens is 3. The molecule has 2 aromatic rings. The summed E-state index contributed by atoms with van der Waals surface area (Å²) in [6.07, 6.45) is 0. The summed E-state index contributed by atoms with van der Waals surface area (Å²) >= 11 is 8.92. The number of nitrogens with one attached hydrogen (secondary N) is 1. The van der Waals surface area contributed by atoms with Crippen LogP contribution < -0.4 is 5.32 Å². The third kappa shape index (κ3) is 3.39. The first-order valence-electron chi connectivity index (χ1n) is 5.00. The Labute approximate surface area is 120 Å². The minimum absolute atomic E-state index is 0.0239. The number of aromatic nitrogens is 1. The highest BCUT2D eigenvalue weighted by atomic mass is 79.9. The molecular formula is C11H6BrClFN3O2. The molecule has 98 valence electrons. The lowest BCUT2D eigenvalue weighted by molar-refractivity contribution is -0.384. The highest BCUT2D eigenvalue weighted by Gasteiger charge is 2.11. The van der Waals surface area contributed by atoms with E-state index in [4.69, 9.17) is 11.6 Å². The Morgan fingerprint density at radius 2 is 2.11 bits per heavy atom. The smallest absolute Gasteiger partial charge is 0.276 e. The van der Waals surface area contributed by atoms with Crippen LogP contribution in [0.25, 0.3) is 0 Å². The van der Waals surface area contributed by atoms with Crippen LogP contribution in [0.3, 0.4) is 0 Å². The highest BCUT2D eigenvalue weighted by molar-refractivity contribution is 9.10. The molecule has 5 nitrogen and oxygen atoms in total. The van der Waals surface area contributed by atoms with E-state index in [1.165, 1.54) is 24.3 Å². The zero-order valence-corrected chi connectivity index (χ0v) is 11.6. The lowest BCUT2D eigenvalue weighted by Crippen LogP contribution is -1.97. The van der Waals surface area contributed by atoms with Gasteiger partial charge in [0.15, 0.2) is 0 Å². The molecule has 0 saturated heterocycles. The van der Waals surface area contributed by atoms with E-state index in [9.17, 15) is 14.5 Å². The molecule has 0 unspecified atom stereocenters. The van der Waals surface area contributed by atoms with Gasteiger partial charge >= 0.3 is 0 Å². The number of pyridine rings is 1. The van der Waals surface area contributed by atoms with E-state index in [1.54, 1.807) is 0 Å². The molecule has 0 spiro atoms. The number of benzene rings is 1. The molecule has 1 aromatic carbocycles. The average Bonchev–Trinajstić information content (AvgIpc) is 2.33. The van der Waals surface area contributed by atoms with Gasteiger partial charge in [-0.1, -0.05) is 11.6 Å². The molecule has 1 N–H and O–H groups in total. The van der Waals surface area contributed by atoms with Crippen molar-refractivity contribution < 1.29 is 9.31 Å². The Morgan fingerprint density at radius 1 is 1.37 bits per heavy atom. The molecule has 0 saturated carbocycles. The van der Waals surface area contributed by atoms with Gasteiger partial charge in [-0.05, 0) is 34.1 Å². The first kappa shape index (κ1) is 13.7. The van der Waals surface area contributed by atoms with Gasteiger partial charge in [-0.15, -0.1) is 0 Å². The van der Waals surface area contributed by atoms with Crippen LogP contribution >= 0.6 is 27.5 Å². The van der Waals surface area contributed by atoms with Crippen molar-refractivity contribution in [3.63, 3.8) is 0 Å². The van der Waals surface area contributed by atoms with E-state index < -0.39 is 10.7 Å².